The summed E-state index contributed by atoms with van der Waals surface area (Å²) in [7, 11) is 0. The first kappa shape index (κ1) is 18.7. The topological polar surface area (TPSA) is 46.3 Å². The molecule has 0 saturated carbocycles. The maximum absolute atomic E-state index is 13.5. The van der Waals surface area contributed by atoms with Crippen molar-refractivity contribution in [2.45, 2.75) is 26.9 Å². The van der Waals surface area contributed by atoms with Crippen LogP contribution in [0.2, 0.25) is 0 Å². The van der Waals surface area contributed by atoms with Crippen molar-refractivity contribution in [3.05, 3.63) is 87.1 Å². The third-order valence-corrected chi connectivity index (χ3v) is 6.52. The molecule has 3 heterocycles. The van der Waals surface area contributed by atoms with Crippen LogP contribution in [-0.2, 0) is 13.1 Å². The van der Waals surface area contributed by atoms with Crippen LogP contribution in [0.15, 0.2) is 64.6 Å². The summed E-state index contributed by atoms with van der Waals surface area (Å²) in [6.07, 6.45) is 1.64. The number of carbonyl (C=O) groups excluding carboxylic acids is 1. The van der Waals surface area contributed by atoms with Gasteiger partial charge in [-0.3, -0.25) is 4.79 Å². The Morgan fingerprint density at radius 2 is 1.89 bits per heavy atom. The molecule has 0 aliphatic heterocycles. The summed E-state index contributed by atoms with van der Waals surface area (Å²) in [5, 5.41) is 2.94. The van der Waals surface area contributed by atoms with Crippen molar-refractivity contribution in [2.75, 3.05) is 0 Å². The van der Waals surface area contributed by atoms with Gasteiger partial charge in [0.1, 0.15) is 11.5 Å². The Morgan fingerprint density at radius 3 is 2.57 bits per heavy atom. The van der Waals surface area contributed by atoms with E-state index in [4.69, 9.17) is 4.42 Å². The molecule has 3 aromatic heterocycles. The Morgan fingerprint density at radius 1 is 1.07 bits per heavy atom. The summed E-state index contributed by atoms with van der Waals surface area (Å²) < 4.78 is 5.51. The van der Waals surface area contributed by atoms with E-state index in [2.05, 4.69) is 23.4 Å². The van der Waals surface area contributed by atoms with E-state index in [1.165, 1.54) is 10.4 Å². The molecule has 0 atom stereocenters. The van der Waals surface area contributed by atoms with E-state index in [1.54, 1.807) is 28.9 Å². The molecule has 0 bridgehead atoms. The van der Waals surface area contributed by atoms with Gasteiger partial charge in [-0.1, -0.05) is 30.3 Å². The highest BCUT2D eigenvalue weighted by molar-refractivity contribution is 7.15. The van der Waals surface area contributed by atoms with Crippen LogP contribution in [0.4, 0.5) is 0 Å². The number of amides is 1. The van der Waals surface area contributed by atoms with Crippen molar-refractivity contribution >= 4 is 28.6 Å². The zero-order chi connectivity index (χ0) is 19.5. The Bertz CT molecular complexity index is 1070. The normalized spacial score (nSPS) is 10.9. The van der Waals surface area contributed by atoms with Gasteiger partial charge in [0.15, 0.2) is 0 Å². The molecule has 0 N–H and O–H groups in total. The Labute approximate surface area is 172 Å². The first-order chi connectivity index (χ1) is 13.6. The minimum atomic E-state index is -0.0765. The number of carbonyl (C=O) groups is 1. The number of rotatable bonds is 6. The third-order valence-electron chi connectivity index (χ3n) is 4.49. The molecule has 142 valence electrons. The molecule has 0 radical (unpaired) electrons. The summed E-state index contributed by atoms with van der Waals surface area (Å²) in [6.45, 7) is 4.96. The maximum atomic E-state index is 13.5. The number of thiophene rings is 1. The molecule has 4 aromatic rings. The van der Waals surface area contributed by atoms with Crippen molar-refractivity contribution in [1.29, 1.82) is 0 Å². The number of thiazole rings is 1. The molecule has 6 heteroatoms. The lowest BCUT2D eigenvalue weighted by Gasteiger charge is -2.21. The smallest absolute Gasteiger partial charge is 0.274 e. The minimum absolute atomic E-state index is 0.0765. The second-order valence-corrected chi connectivity index (χ2v) is 8.75. The molecule has 0 aliphatic rings. The SMILES string of the molecule is Cc1nc(C(=O)N(Cc2ccco2)Cc2sccc2C)c(-c2ccccc2)s1. The summed E-state index contributed by atoms with van der Waals surface area (Å²) in [5.41, 5.74) is 2.72. The summed E-state index contributed by atoms with van der Waals surface area (Å²) in [4.78, 5) is 22.0. The van der Waals surface area contributed by atoms with Crippen LogP contribution in [0.25, 0.3) is 10.4 Å². The number of benzene rings is 1. The van der Waals surface area contributed by atoms with Crippen LogP contribution >= 0.6 is 22.7 Å². The van der Waals surface area contributed by atoms with Crippen molar-refractivity contribution < 1.29 is 9.21 Å². The molecular weight excluding hydrogens is 388 g/mol. The summed E-state index contributed by atoms with van der Waals surface area (Å²) in [6, 6.07) is 15.8. The molecule has 1 amide bonds. The summed E-state index contributed by atoms with van der Waals surface area (Å²) >= 11 is 3.22. The Hall–Kier alpha value is -2.70. The van der Waals surface area contributed by atoms with Crippen molar-refractivity contribution in [3.8, 4) is 10.4 Å². The van der Waals surface area contributed by atoms with Gasteiger partial charge in [-0.2, -0.15) is 0 Å². The van der Waals surface area contributed by atoms with Gasteiger partial charge >= 0.3 is 0 Å². The van der Waals surface area contributed by atoms with Crippen molar-refractivity contribution in [1.82, 2.24) is 9.88 Å². The van der Waals surface area contributed by atoms with E-state index in [0.29, 0.717) is 18.8 Å². The monoisotopic (exact) mass is 408 g/mol. The van der Waals surface area contributed by atoms with E-state index in [0.717, 1.165) is 21.2 Å². The number of aryl methyl sites for hydroxylation is 2. The second-order valence-electron chi connectivity index (χ2n) is 6.54. The fourth-order valence-electron chi connectivity index (χ4n) is 3.04. The molecular formula is C22H20N2O2S2. The maximum Gasteiger partial charge on any atom is 0.274 e. The Balaban J connectivity index is 1.70. The highest BCUT2D eigenvalue weighted by Gasteiger charge is 2.25. The van der Waals surface area contributed by atoms with Gasteiger partial charge in [-0.25, -0.2) is 4.98 Å². The van der Waals surface area contributed by atoms with E-state index < -0.39 is 0 Å². The standard InChI is InChI=1S/C22H20N2O2S2/c1-15-10-12-27-19(15)14-24(13-18-9-6-11-26-18)22(25)20-21(28-16(2)23-20)17-7-4-3-5-8-17/h3-12H,13-14H2,1-2H3. The van der Waals surface area contributed by atoms with E-state index >= 15 is 0 Å². The largest absolute Gasteiger partial charge is 0.467 e. The van der Waals surface area contributed by atoms with Gasteiger partial charge in [0.25, 0.3) is 5.91 Å². The summed E-state index contributed by atoms with van der Waals surface area (Å²) in [5.74, 6) is 0.683. The molecule has 4 rings (SSSR count). The lowest BCUT2D eigenvalue weighted by atomic mass is 10.1. The van der Waals surface area contributed by atoms with Gasteiger partial charge in [0.05, 0.1) is 29.2 Å². The van der Waals surface area contributed by atoms with Gasteiger partial charge in [0.2, 0.25) is 0 Å². The molecule has 28 heavy (non-hydrogen) atoms. The van der Waals surface area contributed by atoms with Crippen LogP contribution in [0.5, 0.6) is 0 Å². The third kappa shape index (κ3) is 3.93. The fourth-order valence-corrected chi connectivity index (χ4v) is 4.87. The molecule has 0 unspecified atom stereocenters. The lowest BCUT2D eigenvalue weighted by molar-refractivity contribution is 0.0715. The number of hydrogen-bond donors (Lipinski definition) is 0. The molecule has 4 nitrogen and oxygen atoms in total. The van der Waals surface area contributed by atoms with Crippen molar-refractivity contribution in [2.24, 2.45) is 0 Å². The van der Waals surface area contributed by atoms with Gasteiger partial charge < -0.3 is 9.32 Å². The van der Waals surface area contributed by atoms with Gasteiger partial charge in [-0.15, -0.1) is 22.7 Å². The average Bonchev–Trinajstić information content (AvgIpc) is 3.44. The minimum Gasteiger partial charge on any atom is -0.467 e. The van der Waals surface area contributed by atoms with E-state index in [1.807, 2.05) is 54.3 Å². The number of hydrogen-bond acceptors (Lipinski definition) is 5. The first-order valence-corrected chi connectivity index (χ1v) is 10.7. The molecule has 0 spiro atoms. The highest BCUT2D eigenvalue weighted by Crippen LogP contribution is 2.32. The van der Waals surface area contributed by atoms with Crippen LogP contribution in [0.1, 0.15) is 31.7 Å². The average molecular weight is 409 g/mol. The Kier molecular flexibility index (Phi) is 5.41. The number of aromatic nitrogens is 1. The highest BCUT2D eigenvalue weighted by atomic mass is 32.1. The predicted molar refractivity (Wildman–Crippen MR) is 114 cm³/mol. The predicted octanol–water partition coefficient (Wildman–Crippen LogP) is 5.92. The van der Waals surface area contributed by atoms with Gasteiger partial charge in [-0.05, 0) is 48.6 Å². The quantitative estimate of drug-likeness (QED) is 0.398. The zero-order valence-electron chi connectivity index (χ0n) is 15.7. The fraction of sp³-hybridized carbons (Fsp3) is 0.182. The number of furan rings is 1. The second kappa shape index (κ2) is 8.12. The molecule has 0 saturated heterocycles. The van der Waals surface area contributed by atoms with E-state index in [-0.39, 0.29) is 5.91 Å². The molecule has 1 aromatic carbocycles. The lowest BCUT2D eigenvalue weighted by Crippen LogP contribution is -2.30. The van der Waals surface area contributed by atoms with Crippen LogP contribution < -0.4 is 0 Å². The zero-order valence-corrected chi connectivity index (χ0v) is 17.3. The first-order valence-electron chi connectivity index (χ1n) is 8.99. The molecule has 0 fully saturated rings. The van der Waals surface area contributed by atoms with Crippen molar-refractivity contribution in [3.63, 3.8) is 0 Å². The molecule has 0 aliphatic carbocycles. The van der Waals surface area contributed by atoms with Crippen LogP contribution in [-0.4, -0.2) is 15.8 Å². The van der Waals surface area contributed by atoms with Gasteiger partial charge in [0, 0.05) is 4.88 Å². The van der Waals surface area contributed by atoms with Crippen LogP contribution in [0, 0.1) is 13.8 Å². The van der Waals surface area contributed by atoms with Crippen LogP contribution in [0.3, 0.4) is 0 Å². The van der Waals surface area contributed by atoms with E-state index in [9.17, 15) is 4.79 Å². The number of nitrogens with zero attached hydrogens (tertiary/aromatic N) is 2.